The molecular weight excluding hydrogens is 204 g/mol. The molecule has 0 unspecified atom stereocenters. The van der Waals surface area contributed by atoms with Gasteiger partial charge in [0.1, 0.15) is 6.10 Å². The molecule has 98 valence electrons. The monoisotopic (exact) mass is 232 g/mol. The molecule has 0 aromatic heterocycles. The van der Waals surface area contributed by atoms with Gasteiger partial charge in [-0.2, -0.15) is 0 Å². The molecule has 16 heavy (non-hydrogen) atoms. The molecule has 0 amide bonds. The molecular formula is C13H28O3. The van der Waals surface area contributed by atoms with Gasteiger partial charge in [0.15, 0.2) is 0 Å². The third-order valence-corrected chi connectivity index (χ3v) is 2.50. The minimum Gasteiger partial charge on any atom is -0.394 e. The lowest BCUT2D eigenvalue weighted by Gasteiger charge is -2.15. The van der Waals surface area contributed by atoms with Crippen molar-refractivity contribution >= 4 is 0 Å². The second kappa shape index (κ2) is 12.9. The number of ether oxygens (including phenoxy) is 2. The number of aliphatic hydroxyl groups excluding tert-OH is 1. The van der Waals surface area contributed by atoms with Gasteiger partial charge in [-0.3, -0.25) is 0 Å². The average Bonchev–Trinajstić information content (AvgIpc) is 2.31. The standard InChI is InChI=1S/C13H28O3/c1-3-5-7-9-15-12-13(11-14)16-10-8-6-4-2/h13-14H,3-12H2,1-2H3/t13-/m1/s1. The molecule has 0 bridgehead atoms. The third kappa shape index (κ3) is 10.4. The molecule has 0 fully saturated rings. The highest BCUT2D eigenvalue weighted by molar-refractivity contribution is 4.54. The maximum atomic E-state index is 9.08. The van der Waals surface area contributed by atoms with Crippen molar-refractivity contribution < 1.29 is 14.6 Å². The molecule has 0 radical (unpaired) electrons. The van der Waals surface area contributed by atoms with E-state index in [0.717, 1.165) is 26.1 Å². The van der Waals surface area contributed by atoms with Crippen LogP contribution in [0.1, 0.15) is 52.4 Å². The number of rotatable bonds is 12. The van der Waals surface area contributed by atoms with Crippen LogP contribution in [-0.2, 0) is 9.47 Å². The second-order valence-electron chi connectivity index (χ2n) is 4.16. The summed E-state index contributed by atoms with van der Waals surface area (Å²) in [6, 6.07) is 0. The van der Waals surface area contributed by atoms with Gasteiger partial charge >= 0.3 is 0 Å². The predicted octanol–water partition coefficient (Wildman–Crippen LogP) is 2.76. The van der Waals surface area contributed by atoms with E-state index in [-0.39, 0.29) is 12.7 Å². The lowest BCUT2D eigenvalue weighted by molar-refractivity contribution is -0.0436. The van der Waals surface area contributed by atoms with Crippen LogP contribution >= 0.6 is 0 Å². The highest BCUT2D eigenvalue weighted by atomic mass is 16.5. The van der Waals surface area contributed by atoms with E-state index in [4.69, 9.17) is 14.6 Å². The first-order chi connectivity index (χ1) is 7.85. The van der Waals surface area contributed by atoms with E-state index in [2.05, 4.69) is 13.8 Å². The van der Waals surface area contributed by atoms with Crippen molar-refractivity contribution in [2.24, 2.45) is 0 Å². The molecule has 0 rings (SSSR count). The summed E-state index contributed by atoms with van der Waals surface area (Å²) in [4.78, 5) is 0. The lowest BCUT2D eigenvalue weighted by atomic mass is 10.2. The molecule has 0 spiro atoms. The van der Waals surface area contributed by atoms with Gasteiger partial charge in [0.2, 0.25) is 0 Å². The maximum absolute atomic E-state index is 9.08. The Kier molecular flexibility index (Phi) is 12.9. The quantitative estimate of drug-likeness (QED) is 0.526. The SMILES string of the molecule is CCCCCOC[C@@H](CO)OCCCCC. The maximum Gasteiger partial charge on any atom is 0.104 e. The van der Waals surface area contributed by atoms with E-state index in [1.807, 2.05) is 0 Å². The lowest BCUT2D eigenvalue weighted by Crippen LogP contribution is -2.24. The molecule has 0 aliphatic heterocycles. The summed E-state index contributed by atoms with van der Waals surface area (Å²) in [6.45, 7) is 6.43. The predicted molar refractivity (Wildman–Crippen MR) is 66.7 cm³/mol. The first-order valence-corrected chi connectivity index (χ1v) is 6.65. The Bertz CT molecular complexity index is 128. The van der Waals surface area contributed by atoms with Gasteiger partial charge in [0.05, 0.1) is 13.2 Å². The highest BCUT2D eigenvalue weighted by Gasteiger charge is 2.07. The molecule has 3 nitrogen and oxygen atoms in total. The summed E-state index contributed by atoms with van der Waals surface area (Å²) < 4.78 is 11.0. The molecule has 0 heterocycles. The van der Waals surface area contributed by atoms with Crippen molar-refractivity contribution in [1.29, 1.82) is 0 Å². The smallest absolute Gasteiger partial charge is 0.104 e. The fourth-order valence-electron chi connectivity index (χ4n) is 1.42. The second-order valence-corrected chi connectivity index (χ2v) is 4.16. The van der Waals surface area contributed by atoms with Crippen LogP contribution in [0.25, 0.3) is 0 Å². The van der Waals surface area contributed by atoms with E-state index >= 15 is 0 Å². The Labute approximate surface area is 100 Å². The van der Waals surface area contributed by atoms with Gasteiger partial charge in [0, 0.05) is 13.2 Å². The van der Waals surface area contributed by atoms with E-state index in [0.29, 0.717) is 6.61 Å². The molecule has 3 heteroatoms. The van der Waals surface area contributed by atoms with Crippen LogP contribution in [0.2, 0.25) is 0 Å². The number of hydrogen-bond acceptors (Lipinski definition) is 3. The third-order valence-electron chi connectivity index (χ3n) is 2.50. The molecule has 0 aromatic carbocycles. The molecule has 0 aliphatic carbocycles. The Morgan fingerprint density at radius 2 is 1.56 bits per heavy atom. The Morgan fingerprint density at radius 1 is 0.938 bits per heavy atom. The van der Waals surface area contributed by atoms with Gasteiger partial charge < -0.3 is 14.6 Å². The minimum absolute atomic E-state index is 0.0555. The summed E-state index contributed by atoms with van der Waals surface area (Å²) in [5.74, 6) is 0. The first-order valence-electron chi connectivity index (χ1n) is 6.65. The van der Waals surface area contributed by atoms with Crippen molar-refractivity contribution in [3.8, 4) is 0 Å². The van der Waals surface area contributed by atoms with Crippen molar-refractivity contribution in [3.63, 3.8) is 0 Å². The number of unbranched alkanes of at least 4 members (excludes halogenated alkanes) is 4. The zero-order chi connectivity index (χ0) is 12.1. The summed E-state index contributed by atoms with van der Waals surface area (Å²) >= 11 is 0. The van der Waals surface area contributed by atoms with Gasteiger partial charge in [-0.05, 0) is 12.8 Å². The van der Waals surface area contributed by atoms with Crippen molar-refractivity contribution in [1.82, 2.24) is 0 Å². The number of aliphatic hydroxyl groups is 1. The molecule has 0 aliphatic rings. The minimum atomic E-state index is -0.140. The number of hydrogen-bond donors (Lipinski definition) is 1. The van der Waals surface area contributed by atoms with Gasteiger partial charge in [-0.15, -0.1) is 0 Å². The van der Waals surface area contributed by atoms with E-state index < -0.39 is 0 Å². The van der Waals surface area contributed by atoms with Gasteiger partial charge in [-0.1, -0.05) is 39.5 Å². The normalized spacial score (nSPS) is 12.9. The van der Waals surface area contributed by atoms with Crippen LogP contribution in [0.3, 0.4) is 0 Å². The Hall–Kier alpha value is -0.120. The molecule has 1 N–H and O–H groups in total. The van der Waals surface area contributed by atoms with E-state index in [1.54, 1.807) is 0 Å². The zero-order valence-electron chi connectivity index (χ0n) is 10.9. The summed E-state index contributed by atoms with van der Waals surface area (Å²) in [6.07, 6.45) is 6.84. The van der Waals surface area contributed by atoms with E-state index in [9.17, 15) is 0 Å². The Balaban J connectivity index is 3.29. The Morgan fingerprint density at radius 3 is 2.12 bits per heavy atom. The topological polar surface area (TPSA) is 38.7 Å². The van der Waals surface area contributed by atoms with Crippen LogP contribution in [-0.4, -0.2) is 37.6 Å². The van der Waals surface area contributed by atoms with Crippen molar-refractivity contribution in [2.45, 2.75) is 58.5 Å². The van der Waals surface area contributed by atoms with E-state index in [1.165, 1.54) is 25.7 Å². The van der Waals surface area contributed by atoms with Crippen LogP contribution in [0.15, 0.2) is 0 Å². The summed E-state index contributed by atoms with van der Waals surface area (Å²) in [5, 5.41) is 9.08. The van der Waals surface area contributed by atoms with Crippen LogP contribution in [0.4, 0.5) is 0 Å². The van der Waals surface area contributed by atoms with Crippen molar-refractivity contribution in [2.75, 3.05) is 26.4 Å². The zero-order valence-corrected chi connectivity index (χ0v) is 10.9. The highest BCUT2D eigenvalue weighted by Crippen LogP contribution is 2.00. The summed E-state index contributed by atoms with van der Waals surface area (Å²) in [5.41, 5.74) is 0. The fraction of sp³-hybridized carbons (Fsp3) is 1.00. The summed E-state index contributed by atoms with van der Waals surface area (Å²) in [7, 11) is 0. The van der Waals surface area contributed by atoms with Crippen molar-refractivity contribution in [3.05, 3.63) is 0 Å². The van der Waals surface area contributed by atoms with Crippen LogP contribution in [0.5, 0.6) is 0 Å². The fourth-order valence-corrected chi connectivity index (χ4v) is 1.42. The molecule has 0 aromatic rings. The first kappa shape index (κ1) is 15.9. The van der Waals surface area contributed by atoms with Gasteiger partial charge in [-0.25, -0.2) is 0 Å². The van der Waals surface area contributed by atoms with Crippen LogP contribution in [0, 0.1) is 0 Å². The molecule has 0 saturated carbocycles. The van der Waals surface area contributed by atoms with Gasteiger partial charge in [0.25, 0.3) is 0 Å². The molecule has 0 saturated heterocycles. The largest absolute Gasteiger partial charge is 0.394 e. The van der Waals surface area contributed by atoms with Crippen LogP contribution < -0.4 is 0 Å². The molecule has 1 atom stereocenters. The average molecular weight is 232 g/mol.